The fourth-order valence-electron chi connectivity index (χ4n) is 3.03. The summed E-state index contributed by atoms with van der Waals surface area (Å²) in [6.45, 7) is 4.86. The third kappa shape index (κ3) is 3.94. The van der Waals surface area contributed by atoms with Crippen LogP contribution in [0, 0.1) is 17.4 Å². The van der Waals surface area contributed by atoms with Gasteiger partial charge in [-0.15, -0.1) is 0 Å². The Kier molecular flexibility index (Phi) is 5.69. The lowest BCUT2D eigenvalue weighted by molar-refractivity contribution is 0.102. The van der Waals surface area contributed by atoms with Gasteiger partial charge in [-0.3, -0.25) is 4.79 Å². The maximum atomic E-state index is 12.9. The number of carbonyl (C=O) groups excluding carboxylic acids is 1. The van der Waals surface area contributed by atoms with E-state index in [0.717, 1.165) is 22.0 Å². The molecule has 1 aliphatic heterocycles. The van der Waals surface area contributed by atoms with Gasteiger partial charge in [-0.25, -0.2) is 8.42 Å². The molecule has 2 aromatic carbocycles. The molecule has 0 bridgehead atoms. The Balaban J connectivity index is 1.89. The molecule has 1 saturated heterocycles. The van der Waals surface area contributed by atoms with Crippen molar-refractivity contribution in [2.75, 3.05) is 18.4 Å². The number of halogens is 1. The number of nitrogens with one attached hydrogen (secondary N) is 1. The van der Waals surface area contributed by atoms with Crippen LogP contribution in [0.25, 0.3) is 0 Å². The fourth-order valence-corrected chi connectivity index (χ4v) is 5.71. The molecule has 138 valence electrons. The molecule has 0 aromatic heterocycles. The number of aryl methyl sites for hydroxylation is 2. The number of hydrogen-bond acceptors (Lipinski definition) is 3. The van der Waals surface area contributed by atoms with Crippen LogP contribution in [0.2, 0.25) is 0 Å². The molecule has 2 aromatic rings. The number of nitrogens with zero attached hydrogens (tertiary/aromatic N) is 1. The number of hydrogen-bond donors (Lipinski definition) is 1. The molecule has 1 aliphatic rings. The zero-order chi connectivity index (χ0) is 18.9. The van der Waals surface area contributed by atoms with Gasteiger partial charge in [0.25, 0.3) is 5.91 Å². The van der Waals surface area contributed by atoms with Gasteiger partial charge in [0.2, 0.25) is 10.0 Å². The van der Waals surface area contributed by atoms with Gasteiger partial charge in [0.1, 0.15) is 0 Å². The van der Waals surface area contributed by atoms with E-state index in [1.54, 1.807) is 31.2 Å². The quantitative estimate of drug-likeness (QED) is 0.669. The van der Waals surface area contributed by atoms with Crippen molar-refractivity contribution in [2.45, 2.75) is 31.6 Å². The van der Waals surface area contributed by atoms with E-state index in [1.165, 1.54) is 4.31 Å². The Morgan fingerprint density at radius 2 is 1.77 bits per heavy atom. The molecular formula is C19H21IN2O3S. The van der Waals surface area contributed by atoms with Crippen molar-refractivity contribution < 1.29 is 13.2 Å². The first kappa shape index (κ1) is 19.3. The van der Waals surface area contributed by atoms with Gasteiger partial charge in [0.05, 0.1) is 10.5 Å². The second-order valence-corrected chi connectivity index (χ2v) is 9.60. The third-order valence-electron chi connectivity index (χ3n) is 4.50. The van der Waals surface area contributed by atoms with E-state index in [0.29, 0.717) is 29.9 Å². The summed E-state index contributed by atoms with van der Waals surface area (Å²) in [6.07, 6.45) is 1.78. The Morgan fingerprint density at radius 3 is 2.42 bits per heavy atom. The molecule has 0 radical (unpaired) electrons. The molecule has 0 aliphatic carbocycles. The van der Waals surface area contributed by atoms with E-state index in [2.05, 4.69) is 27.9 Å². The predicted octanol–water partition coefficient (Wildman–Crippen LogP) is 3.94. The summed E-state index contributed by atoms with van der Waals surface area (Å²) < 4.78 is 28.1. The molecule has 1 amide bonds. The van der Waals surface area contributed by atoms with Crippen molar-refractivity contribution in [3.8, 4) is 0 Å². The van der Waals surface area contributed by atoms with Crippen molar-refractivity contribution in [1.82, 2.24) is 4.31 Å². The zero-order valence-corrected chi connectivity index (χ0v) is 17.7. The highest BCUT2D eigenvalue weighted by Crippen LogP contribution is 2.26. The van der Waals surface area contributed by atoms with E-state index in [1.807, 2.05) is 19.1 Å². The second-order valence-electron chi connectivity index (χ2n) is 6.53. The van der Waals surface area contributed by atoms with Gasteiger partial charge >= 0.3 is 0 Å². The molecule has 1 heterocycles. The highest BCUT2D eigenvalue weighted by atomic mass is 127. The van der Waals surface area contributed by atoms with Crippen LogP contribution >= 0.6 is 22.6 Å². The number of sulfonamides is 1. The average Bonchev–Trinajstić information content (AvgIpc) is 3.11. The van der Waals surface area contributed by atoms with E-state index in [9.17, 15) is 13.2 Å². The Labute approximate surface area is 168 Å². The molecule has 0 saturated carbocycles. The monoisotopic (exact) mass is 484 g/mol. The van der Waals surface area contributed by atoms with Gasteiger partial charge in [0.15, 0.2) is 0 Å². The van der Waals surface area contributed by atoms with Crippen LogP contribution in [-0.2, 0) is 10.0 Å². The van der Waals surface area contributed by atoms with E-state index < -0.39 is 10.0 Å². The second kappa shape index (κ2) is 7.66. The lowest BCUT2D eigenvalue weighted by Crippen LogP contribution is -2.28. The molecule has 3 rings (SSSR count). The van der Waals surface area contributed by atoms with Crippen molar-refractivity contribution >= 4 is 44.2 Å². The first-order valence-corrected chi connectivity index (χ1v) is 11.0. The standard InChI is InChI=1S/C19H21IN2O3S/c1-13-5-8-16(17(20)11-13)19(23)21-15-7-6-14(2)18(12-15)26(24,25)22-9-3-4-10-22/h5-8,11-12H,3-4,9-10H2,1-2H3,(H,21,23). The van der Waals surface area contributed by atoms with E-state index in [-0.39, 0.29) is 10.8 Å². The highest BCUT2D eigenvalue weighted by molar-refractivity contribution is 14.1. The maximum Gasteiger partial charge on any atom is 0.256 e. The SMILES string of the molecule is Cc1ccc(C(=O)Nc2ccc(C)c(S(=O)(=O)N3CCCC3)c2)c(I)c1. The molecule has 7 heteroatoms. The first-order chi connectivity index (χ1) is 12.3. The minimum atomic E-state index is -3.53. The summed E-state index contributed by atoms with van der Waals surface area (Å²) in [5.74, 6) is -0.247. The zero-order valence-electron chi connectivity index (χ0n) is 14.8. The maximum absolute atomic E-state index is 12.9. The number of amides is 1. The van der Waals surface area contributed by atoms with Crippen LogP contribution in [0.4, 0.5) is 5.69 Å². The highest BCUT2D eigenvalue weighted by Gasteiger charge is 2.28. The van der Waals surface area contributed by atoms with Crippen LogP contribution in [-0.4, -0.2) is 31.7 Å². The third-order valence-corrected chi connectivity index (χ3v) is 7.43. The van der Waals surface area contributed by atoms with Crippen molar-refractivity contribution in [3.05, 3.63) is 56.7 Å². The topological polar surface area (TPSA) is 66.5 Å². The van der Waals surface area contributed by atoms with Crippen LogP contribution in [0.3, 0.4) is 0 Å². The Hall–Kier alpha value is -1.45. The number of rotatable bonds is 4. The Bertz CT molecular complexity index is 951. The minimum Gasteiger partial charge on any atom is -0.322 e. The largest absolute Gasteiger partial charge is 0.322 e. The summed E-state index contributed by atoms with van der Waals surface area (Å²) in [4.78, 5) is 12.8. The smallest absolute Gasteiger partial charge is 0.256 e. The molecule has 0 unspecified atom stereocenters. The number of carbonyl (C=O) groups is 1. The van der Waals surface area contributed by atoms with Gasteiger partial charge in [-0.1, -0.05) is 17.7 Å². The van der Waals surface area contributed by atoms with Crippen LogP contribution in [0.5, 0.6) is 0 Å². The first-order valence-electron chi connectivity index (χ1n) is 8.47. The van der Waals surface area contributed by atoms with Crippen molar-refractivity contribution in [1.29, 1.82) is 0 Å². The summed E-state index contributed by atoms with van der Waals surface area (Å²) >= 11 is 2.13. The minimum absolute atomic E-state index is 0.247. The number of anilines is 1. The van der Waals surface area contributed by atoms with Crippen LogP contribution in [0.1, 0.15) is 34.3 Å². The lowest BCUT2D eigenvalue weighted by Gasteiger charge is -2.18. The van der Waals surface area contributed by atoms with Crippen LogP contribution in [0.15, 0.2) is 41.3 Å². The lowest BCUT2D eigenvalue weighted by atomic mass is 10.1. The van der Waals surface area contributed by atoms with Gasteiger partial charge in [0, 0.05) is 22.3 Å². The molecule has 0 spiro atoms. The Morgan fingerprint density at radius 1 is 1.08 bits per heavy atom. The van der Waals surface area contributed by atoms with E-state index >= 15 is 0 Å². The molecular weight excluding hydrogens is 463 g/mol. The van der Waals surface area contributed by atoms with Gasteiger partial charge in [-0.05, 0) is 79.1 Å². The summed E-state index contributed by atoms with van der Waals surface area (Å²) in [5.41, 5.74) is 2.82. The number of benzene rings is 2. The molecule has 26 heavy (non-hydrogen) atoms. The van der Waals surface area contributed by atoms with Crippen molar-refractivity contribution in [2.24, 2.45) is 0 Å². The normalized spacial score (nSPS) is 15.2. The van der Waals surface area contributed by atoms with Crippen LogP contribution < -0.4 is 5.32 Å². The van der Waals surface area contributed by atoms with E-state index in [4.69, 9.17) is 0 Å². The summed E-state index contributed by atoms with van der Waals surface area (Å²) in [6, 6.07) is 10.6. The fraction of sp³-hybridized carbons (Fsp3) is 0.316. The predicted molar refractivity (Wildman–Crippen MR) is 111 cm³/mol. The molecule has 1 N–H and O–H groups in total. The summed E-state index contributed by atoms with van der Waals surface area (Å²) in [7, 11) is -3.53. The average molecular weight is 484 g/mol. The van der Waals surface area contributed by atoms with Gasteiger partial charge in [-0.2, -0.15) is 4.31 Å². The summed E-state index contributed by atoms with van der Waals surface area (Å²) in [5, 5.41) is 2.82. The van der Waals surface area contributed by atoms with Crippen molar-refractivity contribution in [3.63, 3.8) is 0 Å². The molecule has 1 fully saturated rings. The molecule has 5 nitrogen and oxygen atoms in total. The van der Waals surface area contributed by atoms with Gasteiger partial charge < -0.3 is 5.32 Å². The molecule has 0 atom stereocenters.